The van der Waals surface area contributed by atoms with Crippen molar-refractivity contribution in [2.45, 2.75) is 151 Å². The maximum atomic E-state index is 14.7. The molecule has 29 heteroatoms. The minimum Gasteiger partial charge on any atom is -0.504 e. The predicted octanol–water partition coefficient (Wildman–Crippen LogP) is -1.81. The molecule has 14 atom stereocenters. The number of aliphatic hydroxyl groups excluding tert-OH is 6. The lowest BCUT2D eigenvalue weighted by Crippen LogP contribution is -2.64. The van der Waals surface area contributed by atoms with Crippen molar-refractivity contribution in [1.82, 2.24) is 46.6 Å². The molecule has 4 aromatic rings. The predicted molar refractivity (Wildman–Crippen MR) is 322 cm³/mol. The van der Waals surface area contributed by atoms with Gasteiger partial charge in [0.15, 0.2) is 11.5 Å². The van der Waals surface area contributed by atoms with Gasteiger partial charge in [-0.05, 0) is 100 Å². The van der Waals surface area contributed by atoms with E-state index in [9.17, 15) is 69.3 Å². The van der Waals surface area contributed by atoms with Crippen molar-refractivity contribution in [1.29, 1.82) is 0 Å². The fraction of sp³-hybridized carbons (Fsp3) is 0.550. The first-order chi connectivity index (χ1) is 42.5. The second-order valence-corrected chi connectivity index (χ2v) is 23.8. The molecule has 0 aliphatic carbocycles. The van der Waals surface area contributed by atoms with Crippen molar-refractivity contribution in [2.75, 3.05) is 53.0 Å². The van der Waals surface area contributed by atoms with Crippen LogP contribution < -0.4 is 47.5 Å². The van der Waals surface area contributed by atoms with Gasteiger partial charge >= 0.3 is 0 Å². The molecule has 3 aliphatic heterocycles. The van der Waals surface area contributed by atoms with Gasteiger partial charge < -0.3 is 97.8 Å². The van der Waals surface area contributed by atoms with E-state index in [0.717, 1.165) is 53.7 Å². The zero-order valence-corrected chi connectivity index (χ0v) is 50.9. The number of aliphatic hydroxyl groups is 6. The quantitative estimate of drug-likeness (QED) is 0.0386. The number of fused-ring (bicyclic) bond motifs is 2. The molecule has 486 valence electrons. The molecule has 3 aromatic carbocycles. The minimum absolute atomic E-state index is 0.00605. The van der Waals surface area contributed by atoms with Crippen LogP contribution in [0.15, 0.2) is 66.7 Å². The minimum atomic E-state index is -2.04. The summed E-state index contributed by atoms with van der Waals surface area (Å²) in [5.41, 5.74) is 13.1. The van der Waals surface area contributed by atoms with Crippen LogP contribution >= 0.6 is 11.3 Å². The van der Waals surface area contributed by atoms with Gasteiger partial charge in [-0.3, -0.25) is 33.6 Å². The number of unbranched alkanes of at least 4 members (excludes halogenated alkanes) is 2. The van der Waals surface area contributed by atoms with E-state index < -0.39 is 152 Å². The number of nitrogens with one attached hydrogen (secondary N) is 5. The van der Waals surface area contributed by atoms with Gasteiger partial charge in [-0.2, -0.15) is 0 Å². The van der Waals surface area contributed by atoms with E-state index in [4.69, 9.17) is 25.7 Å². The summed E-state index contributed by atoms with van der Waals surface area (Å²) in [5, 5.41) is 101. The Labute approximate surface area is 518 Å². The van der Waals surface area contributed by atoms with Crippen LogP contribution in [0.1, 0.15) is 81.6 Å². The first-order valence-electron chi connectivity index (χ1n) is 29.8. The van der Waals surface area contributed by atoms with Crippen LogP contribution in [0.4, 0.5) is 0 Å². The average molecular weight is 1260 g/mol. The van der Waals surface area contributed by atoms with Crippen molar-refractivity contribution < 1.29 is 83.5 Å². The molecule has 16 N–H and O–H groups in total. The Hall–Kier alpha value is -7.45. The standard InChI is InChI=1S/C60H83N11O17S/c1-31-29-71-50(51(31)78)56(83)63-28-38(73)26-41(64-52(79)35-10-12-36(13-11-35)57-68-69-58(89-57)37-14-16-40(17-15-37)87-22-7-5-6-8-32(2)86-4)53(80)65-47(33(3)72)59(84)70-30-39(74)27-42(70)54(81)66-48(55(82)67-49(60(71)85)44(76)19-20-61)45(77)24-34-9-18-43(75)46(25-34)88-23-21-62/h9-18,25,31-33,38-39,41-42,44-45,47-51,72-78H,5-8,19-24,26-30,61-62H2,1-4H3,(H,63,83)(H,64,79)(H,65,80)(H,66,81)(H,67,82)/t31-,32?,33+,38+,39+,41-,42-,44+,45+,47-,48-,49-,50-,51-/m0/s1. The van der Waals surface area contributed by atoms with Gasteiger partial charge in [0.05, 0.1) is 49.3 Å². The van der Waals surface area contributed by atoms with E-state index in [2.05, 4.69) is 36.8 Å². The number of phenolic OH excluding ortho intramolecular Hbond substituents is 1. The lowest BCUT2D eigenvalue weighted by atomic mass is 9.98. The van der Waals surface area contributed by atoms with Gasteiger partial charge in [0.25, 0.3) is 5.91 Å². The normalized spacial score (nSPS) is 25.5. The number of aromatic hydroxyl groups is 1. The molecule has 4 heterocycles. The van der Waals surface area contributed by atoms with Crippen LogP contribution in [0, 0.1) is 5.92 Å². The number of carbonyl (C=O) groups excluding carboxylic acids is 7. The molecule has 3 aliphatic rings. The molecule has 0 saturated carbocycles. The van der Waals surface area contributed by atoms with Crippen molar-refractivity contribution in [3.05, 3.63) is 77.9 Å². The molecular weight excluding hydrogens is 1180 g/mol. The topological polar surface area (TPSA) is 433 Å². The summed E-state index contributed by atoms with van der Waals surface area (Å²) in [4.78, 5) is 103. The molecule has 7 amide bonds. The highest BCUT2D eigenvalue weighted by Crippen LogP contribution is 2.33. The number of rotatable bonds is 22. The van der Waals surface area contributed by atoms with Crippen molar-refractivity contribution in [3.63, 3.8) is 0 Å². The maximum absolute atomic E-state index is 14.7. The Balaban J connectivity index is 1.15. The number of methoxy groups -OCH3 is 1. The first kappa shape index (κ1) is 69.0. The van der Waals surface area contributed by atoms with Crippen LogP contribution in [0.2, 0.25) is 0 Å². The molecule has 3 fully saturated rings. The third-order valence-electron chi connectivity index (χ3n) is 15.9. The van der Waals surface area contributed by atoms with Crippen molar-refractivity contribution in [3.8, 4) is 38.4 Å². The van der Waals surface area contributed by atoms with Crippen molar-refractivity contribution >= 4 is 52.7 Å². The largest absolute Gasteiger partial charge is 0.504 e. The van der Waals surface area contributed by atoms with Crippen LogP contribution in [-0.2, 0) is 39.9 Å². The first-order valence-corrected chi connectivity index (χ1v) is 30.6. The molecule has 3 saturated heterocycles. The van der Waals surface area contributed by atoms with Crippen LogP contribution in [0.5, 0.6) is 17.2 Å². The highest BCUT2D eigenvalue weighted by molar-refractivity contribution is 7.17. The Kier molecular flexibility index (Phi) is 25.1. The number of nitrogens with two attached hydrogens (primary N) is 2. The SMILES string of the molecule is COC(C)CCCCCOc1ccc(-c2nnc(-c3ccc(C(=O)N[C@H]4C[C@@H](O)CNC(=O)[C@@H]5[C@@H](O)[C@@H](C)CN5C(=O)[C@H]([C@H](O)CCN)NC(=O)[C@H]([C@H](O)Cc5ccc(O)c(OCCN)c5)NC(=O)[C@@H]5C[C@@H](O)CN5C(=O)[C@H]([C@@H](C)O)NC4=O)cc3)s2)cc1. The lowest BCUT2D eigenvalue weighted by molar-refractivity contribution is -0.147. The summed E-state index contributed by atoms with van der Waals surface area (Å²) in [6.07, 6.45) is -7.67. The Bertz CT molecular complexity index is 3050. The molecule has 0 radical (unpaired) electrons. The zero-order valence-electron chi connectivity index (χ0n) is 50.1. The fourth-order valence-electron chi connectivity index (χ4n) is 10.8. The van der Waals surface area contributed by atoms with E-state index in [1.54, 1.807) is 19.2 Å². The molecule has 0 bridgehead atoms. The van der Waals surface area contributed by atoms with E-state index in [1.807, 2.05) is 31.2 Å². The Morgan fingerprint density at radius 1 is 0.719 bits per heavy atom. The lowest BCUT2D eigenvalue weighted by Gasteiger charge is -2.34. The summed E-state index contributed by atoms with van der Waals surface area (Å²) in [6.45, 7) is 3.68. The van der Waals surface area contributed by atoms with Gasteiger partial charge in [0.1, 0.15) is 58.6 Å². The van der Waals surface area contributed by atoms with E-state index in [1.165, 1.54) is 48.6 Å². The monoisotopic (exact) mass is 1260 g/mol. The Morgan fingerprint density at radius 2 is 1.37 bits per heavy atom. The van der Waals surface area contributed by atoms with Gasteiger partial charge in [-0.25, -0.2) is 0 Å². The Morgan fingerprint density at radius 3 is 2.02 bits per heavy atom. The molecule has 89 heavy (non-hydrogen) atoms. The molecular formula is C60H83N11O17S. The van der Waals surface area contributed by atoms with E-state index >= 15 is 0 Å². The van der Waals surface area contributed by atoms with Crippen molar-refractivity contribution in [2.24, 2.45) is 17.4 Å². The number of hydrogen-bond acceptors (Lipinski definition) is 22. The second-order valence-electron chi connectivity index (χ2n) is 22.8. The average Bonchev–Trinajstić information content (AvgIpc) is 2.37. The zero-order chi connectivity index (χ0) is 64.6. The van der Waals surface area contributed by atoms with Crippen LogP contribution in [0.3, 0.4) is 0 Å². The number of benzene rings is 3. The van der Waals surface area contributed by atoms with Crippen LogP contribution in [-0.4, -0.2) is 229 Å². The molecule has 28 nitrogen and oxygen atoms in total. The van der Waals surface area contributed by atoms with E-state index in [-0.39, 0.29) is 61.4 Å². The highest BCUT2D eigenvalue weighted by Gasteiger charge is 2.50. The molecule has 1 aromatic heterocycles. The third kappa shape index (κ3) is 18.1. The summed E-state index contributed by atoms with van der Waals surface area (Å²) in [6, 6.07) is 6.64. The summed E-state index contributed by atoms with van der Waals surface area (Å²) < 4.78 is 16.7. The number of β-amino-alcohol motifs (C(OH)–C–C–N with tert-alkyl or cyclic N) is 1. The van der Waals surface area contributed by atoms with Gasteiger partial charge in [-0.1, -0.05) is 42.9 Å². The number of aromatic nitrogens is 2. The van der Waals surface area contributed by atoms with E-state index in [0.29, 0.717) is 22.2 Å². The summed E-state index contributed by atoms with van der Waals surface area (Å²) >= 11 is 1.30. The number of carbonyl (C=O) groups is 7. The molecule has 0 spiro atoms. The summed E-state index contributed by atoms with van der Waals surface area (Å²) in [5.74, 6) is -7.96. The number of phenols is 1. The highest BCUT2D eigenvalue weighted by atomic mass is 32.1. The van der Waals surface area contributed by atoms with Gasteiger partial charge in [0, 0.05) is 75.2 Å². The number of amides is 7. The maximum Gasteiger partial charge on any atom is 0.251 e. The number of nitrogens with zero attached hydrogens (tertiary/aromatic N) is 4. The fourth-order valence-corrected chi connectivity index (χ4v) is 11.6. The number of ether oxygens (including phenoxy) is 3. The molecule has 1 unspecified atom stereocenters. The smallest absolute Gasteiger partial charge is 0.251 e. The third-order valence-corrected chi connectivity index (χ3v) is 16.9. The van der Waals surface area contributed by atoms with Gasteiger partial charge in [0.2, 0.25) is 35.4 Å². The molecule has 7 rings (SSSR count). The van der Waals surface area contributed by atoms with Crippen LogP contribution in [0.25, 0.3) is 21.1 Å². The van der Waals surface area contributed by atoms with Gasteiger partial charge in [-0.15, -0.1) is 10.2 Å². The second kappa shape index (κ2) is 32.3. The summed E-state index contributed by atoms with van der Waals surface area (Å²) in [7, 11) is 1.70. The number of hydrogen-bond donors (Lipinski definition) is 14.